The maximum atomic E-state index is 13.9. The smallest absolute Gasteiger partial charge is 0.139 e. The first kappa shape index (κ1) is 23.6. The molecule has 2 aromatic carbocycles. The zero-order valence-corrected chi connectivity index (χ0v) is 21.7. The molecule has 1 saturated heterocycles. The van der Waals surface area contributed by atoms with Crippen molar-refractivity contribution in [3.05, 3.63) is 64.7 Å². The summed E-state index contributed by atoms with van der Waals surface area (Å²) in [6.45, 7) is 10.9. The summed E-state index contributed by atoms with van der Waals surface area (Å²) in [5, 5.41) is 0.700. The van der Waals surface area contributed by atoms with Gasteiger partial charge in [0.1, 0.15) is 11.6 Å². The number of benzene rings is 2. The van der Waals surface area contributed by atoms with Crippen molar-refractivity contribution in [3.63, 3.8) is 0 Å². The molecule has 2 aromatic rings. The predicted octanol–water partition coefficient (Wildman–Crippen LogP) is 7.00. The number of fused-ring (bicyclic) bond motifs is 2. The number of ketones is 2. The zero-order chi connectivity index (χ0) is 24.4. The Kier molecular flexibility index (Phi) is 5.71. The minimum absolute atomic E-state index is 0.0617. The first-order valence-electron chi connectivity index (χ1n) is 12.6. The molecule has 0 aromatic heterocycles. The number of Topliss-reactive ketones (excluding diaryl/α,β-unsaturated/α-hetero) is 2. The van der Waals surface area contributed by atoms with Crippen molar-refractivity contribution in [3.8, 4) is 0 Å². The van der Waals surface area contributed by atoms with Crippen molar-refractivity contribution < 1.29 is 9.59 Å². The fourth-order valence-electron chi connectivity index (χ4n) is 7.23. The van der Waals surface area contributed by atoms with Crippen LogP contribution in [0.2, 0.25) is 5.02 Å². The number of piperidine rings is 1. The molecule has 1 aliphatic heterocycles. The van der Waals surface area contributed by atoms with Gasteiger partial charge in [-0.3, -0.25) is 9.59 Å². The number of aryl methyl sites for hydroxylation is 1. The van der Waals surface area contributed by atoms with E-state index in [0.717, 1.165) is 24.1 Å². The van der Waals surface area contributed by atoms with E-state index in [-0.39, 0.29) is 40.7 Å². The lowest BCUT2D eigenvalue weighted by molar-refractivity contribution is -0.138. The Bertz CT molecular complexity index is 1060. The van der Waals surface area contributed by atoms with Gasteiger partial charge in [0, 0.05) is 53.4 Å². The van der Waals surface area contributed by atoms with Crippen LogP contribution in [0.25, 0.3) is 0 Å². The van der Waals surface area contributed by atoms with Gasteiger partial charge in [-0.25, -0.2) is 0 Å². The molecule has 3 nitrogen and oxygen atoms in total. The van der Waals surface area contributed by atoms with E-state index in [4.69, 9.17) is 11.6 Å². The van der Waals surface area contributed by atoms with Crippen LogP contribution < -0.4 is 4.90 Å². The molecule has 2 saturated carbocycles. The molecule has 4 unspecified atom stereocenters. The van der Waals surface area contributed by atoms with E-state index in [1.807, 2.05) is 12.1 Å². The minimum atomic E-state index is -0.183. The molecule has 0 N–H and O–H groups in total. The van der Waals surface area contributed by atoms with Crippen molar-refractivity contribution in [2.75, 3.05) is 4.90 Å². The van der Waals surface area contributed by atoms with Crippen LogP contribution in [0.5, 0.6) is 0 Å². The second kappa shape index (κ2) is 8.22. The van der Waals surface area contributed by atoms with E-state index in [2.05, 4.69) is 75.9 Å². The first-order chi connectivity index (χ1) is 16.0. The van der Waals surface area contributed by atoms with E-state index in [0.29, 0.717) is 29.4 Å². The van der Waals surface area contributed by atoms with E-state index >= 15 is 0 Å². The highest BCUT2D eigenvalue weighted by atomic mass is 35.5. The molecule has 0 radical (unpaired) electrons. The van der Waals surface area contributed by atoms with Crippen molar-refractivity contribution in [2.45, 2.75) is 78.3 Å². The van der Waals surface area contributed by atoms with Crippen molar-refractivity contribution in [2.24, 2.45) is 22.7 Å². The first-order valence-corrected chi connectivity index (χ1v) is 13.0. The Morgan fingerprint density at radius 1 is 0.735 bits per heavy atom. The molecule has 5 rings (SSSR count). The van der Waals surface area contributed by atoms with Crippen LogP contribution in [0.4, 0.5) is 5.69 Å². The fraction of sp³-hybridized carbons (Fsp3) is 0.533. The van der Waals surface area contributed by atoms with Crippen LogP contribution in [0, 0.1) is 29.6 Å². The van der Waals surface area contributed by atoms with Gasteiger partial charge in [0.15, 0.2) is 0 Å². The monoisotopic (exact) mass is 477 g/mol. The van der Waals surface area contributed by atoms with Crippen molar-refractivity contribution >= 4 is 28.9 Å². The SMILES string of the molecule is Cc1ccc(C2C3C(=O)CC(C)(C)CC3N(c3ccc(Cl)cc3)C3CC(C)(C)CC(=O)C23)cc1. The van der Waals surface area contributed by atoms with Gasteiger partial charge in [-0.05, 0) is 60.4 Å². The van der Waals surface area contributed by atoms with Crippen LogP contribution in [-0.4, -0.2) is 23.7 Å². The average molecular weight is 478 g/mol. The highest BCUT2D eigenvalue weighted by molar-refractivity contribution is 6.30. The molecule has 3 fully saturated rings. The van der Waals surface area contributed by atoms with Gasteiger partial charge < -0.3 is 4.90 Å². The maximum absolute atomic E-state index is 13.9. The Morgan fingerprint density at radius 3 is 1.68 bits per heavy atom. The number of hydrogen-bond donors (Lipinski definition) is 0. The number of carbonyl (C=O) groups is 2. The van der Waals surface area contributed by atoms with Crippen LogP contribution in [-0.2, 0) is 9.59 Å². The number of carbonyl (C=O) groups excluding carboxylic acids is 2. The topological polar surface area (TPSA) is 37.4 Å². The number of anilines is 1. The quantitative estimate of drug-likeness (QED) is 0.467. The summed E-state index contributed by atoms with van der Waals surface area (Å²) in [5.74, 6) is 0.186. The highest BCUT2D eigenvalue weighted by Crippen LogP contribution is 2.56. The largest absolute Gasteiger partial charge is 0.364 e. The van der Waals surface area contributed by atoms with Gasteiger partial charge >= 0.3 is 0 Å². The Balaban J connectivity index is 1.71. The summed E-state index contributed by atoms with van der Waals surface area (Å²) in [4.78, 5) is 30.2. The third-order valence-corrected chi connectivity index (χ3v) is 8.73. The molecule has 0 spiro atoms. The second-order valence-electron chi connectivity index (χ2n) is 12.5. The Labute approximate surface area is 208 Å². The van der Waals surface area contributed by atoms with Crippen LogP contribution in [0.1, 0.15) is 70.4 Å². The molecule has 0 bridgehead atoms. The molecular formula is C30H36ClNO2. The van der Waals surface area contributed by atoms with Gasteiger partial charge in [0.2, 0.25) is 0 Å². The van der Waals surface area contributed by atoms with Gasteiger partial charge in [-0.15, -0.1) is 0 Å². The van der Waals surface area contributed by atoms with Gasteiger partial charge in [-0.1, -0.05) is 69.1 Å². The maximum Gasteiger partial charge on any atom is 0.139 e. The van der Waals surface area contributed by atoms with Crippen LogP contribution in [0.15, 0.2) is 48.5 Å². The standard InChI is InChI=1S/C30H36ClNO2/c1-18-6-8-19(9-7-18)26-27-22(14-29(2,3)16-24(27)33)32(21-12-10-20(31)11-13-21)23-15-30(4,5)17-25(34)28(23)26/h6-13,22-23,26-28H,14-17H2,1-5H3. The van der Waals surface area contributed by atoms with E-state index in [1.165, 1.54) is 5.56 Å². The molecule has 4 heteroatoms. The predicted molar refractivity (Wildman–Crippen MR) is 138 cm³/mol. The number of halogens is 1. The molecule has 3 aliphatic rings. The van der Waals surface area contributed by atoms with E-state index in [1.54, 1.807) is 0 Å². The second-order valence-corrected chi connectivity index (χ2v) is 13.0. The van der Waals surface area contributed by atoms with Gasteiger partial charge in [0.25, 0.3) is 0 Å². The van der Waals surface area contributed by atoms with Crippen molar-refractivity contribution in [1.29, 1.82) is 0 Å². The van der Waals surface area contributed by atoms with E-state index < -0.39 is 0 Å². The highest BCUT2D eigenvalue weighted by Gasteiger charge is 2.59. The molecule has 4 atom stereocenters. The van der Waals surface area contributed by atoms with Crippen LogP contribution in [0.3, 0.4) is 0 Å². The lowest BCUT2D eigenvalue weighted by Crippen LogP contribution is -2.66. The third kappa shape index (κ3) is 4.11. The summed E-state index contributed by atoms with van der Waals surface area (Å²) in [6.07, 6.45) is 3.02. The van der Waals surface area contributed by atoms with Crippen LogP contribution >= 0.6 is 11.6 Å². The summed E-state index contributed by atoms with van der Waals surface area (Å²) in [5.41, 5.74) is 3.28. The van der Waals surface area contributed by atoms with Gasteiger partial charge in [0.05, 0.1) is 0 Å². The normalized spacial score (nSPS) is 32.2. The molecule has 34 heavy (non-hydrogen) atoms. The fourth-order valence-corrected chi connectivity index (χ4v) is 7.36. The molecular weight excluding hydrogens is 442 g/mol. The summed E-state index contributed by atoms with van der Waals surface area (Å²) in [6, 6.07) is 16.7. The summed E-state index contributed by atoms with van der Waals surface area (Å²) in [7, 11) is 0. The lowest BCUT2D eigenvalue weighted by Gasteiger charge is -2.60. The molecule has 2 aliphatic carbocycles. The Hall–Kier alpha value is -2.13. The average Bonchev–Trinajstić information content (AvgIpc) is 2.72. The molecule has 0 amide bonds. The minimum Gasteiger partial charge on any atom is -0.364 e. The number of nitrogens with zero attached hydrogens (tertiary/aromatic N) is 1. The number of hydrogen-bond acceptors (Lipinski definition) is 3. The van der Waals surface area contributed by atoms with E-state index in [9.17, 15) is 9.59 Å². The van der Waals surface area contributed by atoms with Gasteiger partial charge in [-0.2, -0.15) is 0 Å². The Morgan fingerprint density at radius 2 is 1.21 bits per heavy atom. The lowest BCUT2D eigenvalue weighted by atomic mass is 9.53. The number of rotatable bonds is 2. The molecule has 1 heterocycles. The summed E-state index contributed by atoms with van der Waals surface area (Å²) < 4.78 is 0. The van der Waals surface area contributed by atoms with Crippen molar-refractivity contribution in [1.82, 2.24) is 0 Å². The zero-order valence-electron chi connectivity index (χ0n) is 21.0. The summed E-state index contributed by atoms with van der Waals surface area (Å²) >= 11 is 6.25. The third-order valence-electron chi connectivity index (χ3n) is 8.48. The molecule has 180 valence electrons.